The minimum atomic E-state index is -0.514. The monoisotopic (exact) mass is 486 g/mol. The molecule has 3 aromatic heterocycles. The van der Waals surface area contributed by atoms with Gasteiger partial charge in [-0.25, -0.2) is 9.50 Å². The number of nitrogens with two attached hydrogens (primary N) is 1. The number of carbonyl (C=O) groups excluding carboxylic acids is 1. The van der Waals surface area contributed by atoms with E-state index in [2.05, 4.69) is 27.4 Å². The first kappa shape index (κ1) is 21.4. The Morgan fingerprint density at radius 1 is 1.16 bits per heavy atom. The molecule has 8 heteroatoms. The quantitative estimate of drug-likeness (QED) is 0.377. The summed E-state index contributed by atoms with van der Waals surface area (Å²) < 4.78 is 3.19. The van der Waals surface area contributed by atoms with E-state index in [9.17, 15) is 9.59 Å². The number of para-hydroxylation sites is 1. The summed E-state index contributed by atoms with van der Waals surface area (Å²) >= 11 is 0. The van der Waals surface area contributed by atoms with E-state index in [4.69, 9.17) is 12.2 Å². The second-order valence-electron chi connectivity index (χ2n) is 9.66. The van der Waals surface area contributed by atoms with Crippen molar-refractivity contribution in [3.63, 3.8) is 0 Å². The van der Waals surface area contributed by atoms with Crippen LogP contribution in [0.15, 0.2) is 65.7 Å². The molecule has 3 heterocycles. The number of nitrogens with zero attached hydrogens (tertiary/aromatic N) is 4. The highest BCUT2D eigenvalue weighted by atomic mass is 16.2. The molecule has 0 radical (unpaired) electrons. The number of terminal acetylenes is 1. The van der Waals surface area contributed by atoms with Gasteiger partial charge in [0.25, 0.3) is 11.5 Å². The molecule has 2 aliphatic rings. The third-order valence-electron chi connectivity index (χ3n) is 7.58. The number of benzene rings is 2. The van der Waals surface area contributed by atoms with Crippen LogP contribution in [-0.4, -0.2) is 25.1 Å². The maximum Gasteiger partial charge on any atom is 0.264 e. The van der Waals surface area contributed by atoms with E-state index >= 15 is 0 Å². The molecule has 2 aromatic carbocycles. The molecule has 0 saturated heterocycles. The van der Waals surface area contributed by atoms with Crippen LogP contribution in [0.1, 0.15) is 64.0 Å². The van der Waals surface area contributed by atoms with E-state index in [1.54, 1.807) is 23.0 Å². The zero-order chi connectivity index (χ0) is 25.4. The summed E-state index contributed by atoms with van der Waals surface area (Å²) in [7, 11) is 0. The van der Waals surface area contributed by atoms with Gasteiger partial charge in [0.15, 0.2) is 11.5 Å². The first-order valence-corrected chi connectivity index (χ1v) is 12.2. The molecule has 1 saturated carbocycles. The SMILES string of the molecule is C#Cc1ccc2c3c(c([C@H](C)NC(=O)c4c(N)nn5cccnc45)n(-c4ccccc4)c(=O)c13)[C@H]1C[C@@H]21. The van der Waals surface area contributed by atoms with Gasteiger partial charge in [-0.15, -0.1) is 11.5 Å². The van der Waals surface area contributed by atoms with Gasteiger partial charge in [0.2, 0.25) is 0 Å². The van der Waals surface area contributed by atoms with Crippen molar-refractivity contribution in [3.05, 3.63) is 99.2 Å². The molecule has 8 nitrogen and oxygen atoms in total. The molecule has 0 unspecified atom stereocenters. The molecule has 0 spiro atoms. The average Bonchev–Trinajstić information content (AvgIpc) is 3.52. The fourth-order valence-electron chi connectivity index (χ4n) is 5.98. The number of hydrogen-bond donors (Lipinski definition) is 2. The van der Waals surface area contributed by atoms with Gasteiger partial charge >= 0.3 is 0 Å². The molecule has 180 valence electrons. The van der Waals surface area contributed by atoms with E-state index in [1.807, 2.05) is 43.3 Å². The van der Waals surface area contributed by atoms with E-state index in [1.165, 1.54) is 10.1 Å². The van der Waals surface area contributed by atoms with Crippen LogP contribution in [0, 0.1) is 12.3 Å². The summed E-state index contributed by atoms with van der Waals surface area (Å²) in [5, 5.41) is 8.82. The summed E-state index contributed by atoms with van der Waals surface area (Å²) in [6.07, 6.45) is 10.1. The van der Waals surface area contributed by atoms with Gasteiger partial charge in [-0.3, -0.25) is 14.2 Å². The second kappa shape index (κ2) is 7.55. The number of nitrogens with one attached hydrogen (secondary N) is 1. The molecule has 0 bridgehead atoms. The van der Waals surface area contributed by atoms with Crippen LogP contribution in [0.4, 0.5) is 5.82 Å². The van der Waals surface area contributed by atoms with Gasteiger partial charge in [0, 0.05) is 23.6 Å². The zero-order valence-corrected chi connectivity index (χ0v) is 20.0. The Morgan fingerprint density at radius 2 is 1.97 bits per heavy atom. The van der Waals surface area contributed by atoms with Crippen molar-refractivity contribution in [1.82, 2.24) is 24.5 Å². The maximum atomic E-state index is 14.1. The molecule has 2 aliphatic carbocycles. The number of rotatable bonds is 4. The Kier molecular flexibility index (Phi) is 4.36. The first-order chi connectivity index (χ1) is 18.0. The van der Waals surface area contributed by atoms with Crippen molar-refractivity contribution in [2.45, 2.75) is 31.2 Å². The van der Waals surface area contributed by atoms with Crippen LogP contribution in [0.2, 0.25) is 0 Å². The normalized spacial score (nSPS) is 17.9. The van der Waals surface area contributed by atoms with Gasteiger partial charge in [-0.1, -0.05) is 30.2 Å². The van der Waals surface area contributed by atoms with Crippen molar-refractivity contribution in [2.24, 2.45) is 0 Å². The zero-order valence-electron chi connectivity index (χ0n) is 20.0. The fourth-order valence-corrected chi connectivity index (χ4v) is 5.98. The Labute approximate surface area is 211 Å². The first-order valence-electron chi connectivity index (χ1n) is 12.2. The van der Waals surface area contributed by atoms with Crippen LogP contribution < -0.4 is 16.6 Å². The molecule has 1 fully saturated rings. The fraction of sp³-hybridized carbons (Fsp3) is 0.172. The van der Waals surface area contributed by atoms with Gasteiger partial charge in [0.1, 0.15) is 5.56 Å². The topological polar surface area (TPSA) is 107 Å². The van der Waals surface area contributed by atoms with Crippen molar-refractivity contribution in [2.75, 3.05) is 5.73 Å². The van der Waals surface area contributed by atoms with Crippen molar-refractivity contribution in [1.29, 1.82) is 0 Å². The lowest BCUT2D eigenvalue weighted by Crippen LogP contribution is -2.33. The van der Waals surface area contributed by atoms with Crippen LogP contribution in [0.3, 0.4) is 0 Å². The number of aromatic nitrogens is 4. The summed E-state index contributed by atoms with van der Waals surface area (Å²) in [6.45, 7) is 1.89. The molecule has 3 N–H and O–H groups in total. The van der Waals surface area contributed by atoms with Gasteiger partial charge in [-0.05, 0) is 66.0 Å². The minimum absolute atomic E-state index is 0.0927. The number of pyridine rings is 1. The van der Waals surface area contributed by atoms with Crippen molar-refractivity contribution >= 4 is 28.1 Å². The molecule has 37 heavy (non-hydrogen) atoms. The average molecular weight is 487 g/mol. The predicted molar refractivity (Wildman–Crippen MR) is 141 cm³/mol. The van der Waals surface area contributed by atoms with Gasteiger partial charge in [0.05, 0.1) is 17.1 Å². The largest absolute Gasteiger partial charge is 0.381 e. The molecular formula is C29H22N6O2. The Bertz CT molecular complexity index is 1880. The highest BCUT2D eigenvalue weighted by Crippen LogP contribution is 2.64. The second-order valence-corrected chi connectivity index (χ2v) is 9.66. The van der Waals surface area contributed by atoms with E-state index in [0.29, 0.717) is 28.4 Å². The Balaban J connectivity index is 1.45. The Morgan fingerprint density at radius 3 is 2.76 bits per heavy atom. The number of carbonyl (C=O) groups is 1. The molecule has 5 aromatic rings. The lowest BCUT2D eigenvalue weighted by atomic mass is 9.94. The van der Waals surface area contributed by atoms with Crippen LogP contribution in [0.25, 0.3) is 22.1 Å². The summed E-state index contributed by atoms with van der Waals surface area (Å²) in [5.41, 5.74) is 10.8. The lowest BCUT2D eigenvalue weighted by molar-refractivity contribution is 0.0941. The van der Waals surface area contributed by atoms with Crippen LogP contribution >= 0.6 is 0 Å². The molecule has 0 aliphatic heterocycles. The van der Waals surface area contributed by atoms with Crippen molar-refractivity contribution in [3.8, 4) is 18.0 Å². The summed E-state index contributed by atoms with van der Waals surface area (Å²) in [4.78, 5) is 32.0. The summed E-state index contributed by atoms with van der Waals surface area (Å²) in [5.74, 6) is 3.06. The van der Waals surface area contributed by atoms with Crippen molar-refractivity contribution < 1.29 is 4.79 Å². The lowest BCUT2D eigenvalue weighted by Gasteiger charge is -2.24. The minimum Gasteiger partial charge on any atom is -0.381 e. The number of nitrogen functional groups attached to an aromatic ring is 1. The molecular weight excluding hydrogens is 464 g/mol. The number of amides is 1. The highest BCUT2D eigenvalue weighted by Gasteiger charge is 2.50. The summed E-state index contributed by atoms with van der Waals surface area (Å²) in [6, 6.07) is 14.6. The van der Waals surface area contributed by atoms with E-state index < -0.39 is 11.9 Å². The van der Waals surface area contributed by atoms with Crippen LogP contribution in [0.5, 0.6) is 0 Å². The standard InChI is InChI=1S/C29H22N6O2/c1-3-16-10-11-18-19-14-20(19)23-22(18)21(16)29(37)35(17-8-5-4-6-9-17)25(23)15(2)32-28(36)24-26(30)33-34-13-7-12-31-27(24)34/h1,4-13,15,19-20H,14H2,2H3,(H2,30,33)(H,32,36)/t15-,19-,20-/m0/s1. The molecule has 7 rings (SSSR count). The number of hydrogen-bond acceptors (Lipinski definition) is 5. The van der Waals surface area contributed by atoms with E-state index in [-0.39, 0.29) is 16.9 Å². The smallest absolute Gasteiger partial charge is 0.264 e. The third-order valence-corrected chi connectivity index (χ3v) is 7.58. The highest BCUT2D eigenvalue weighted by molar-refractivity contribution is 6.04. The molecule has 3 atom stereocenters. The van der Waals surface area contributed by atoms with Gasteiger partial charge < -0.3 is 11.1 Å². The van der Waals surface area contributed by atoms with Crippen LogP contribution in [-0.2, 0) is 0 Å². The predicted octanol–water partition coefficient (Wildman–Crippen LogP) is 3.67. The number of anilines is 1. The Hall–Kier alpha value is -4.90. The number of fused-ring (bicyclic) bond motifs is 4. The molecule has 1 amide bonds. The third kappa shape index (κ3) is 2.91. The van der Waals surface area contributed by atoms with Gasteiger partial charge in [-0.2, -0.15) is 0 Å². The maximum absolute atomic E-state index is 14.1. The van der Waals surface area contributed by atoms with E-state index in [0.717, 1.165) is 28.8 Å².